The van der Waals surface area contributed by atoms with Gasteiger partial charge in [0.1, 0.15) is 0 Å². The minimum absolute atomic E-state index is 0.0205. The van der Waals surface area contributed by atoms with Gasteiger partial charge in [-0.25, -0.2) is 0 Å². The highest BCUT2D eigenvalue weighted by atomic mass is 16.2. The zero-order valence-electron chi connectivity index (χ0n) is 9.37. The number of anilines is 1. The molecule has 1 aromatic rings. The molecule has 0 radical (unpaired) electrons. The first-order chi connectivity index (χ1) is 6.93. The molecule has 0 aromatic heterocycles. The monoisotopic (exact) mass is 204 g/mol. The SMILES string of the molecule is CN1CC(C)(C)c2cccc(N)c2C1=O. The first kappa shape index (κ1) is 10.0. The zero-order valence-corrected chi connectivity index (χ0v) is 9.37. The molecule has 0 aliphatic carbocycles. The molecule has 0 saturated heterocycles. The van der Waals surface area contributed by atoms with E-state index in [1.807, 2.05) is 19.2 Å². The summed E-state index contributed by atoms with van der Waals surface area (Å²) < 4.78 is 0. The van der Waals surface area contributed by atoms with Crippen LogP contribution < -0.4 is 5.73 Å². The number of hydrogen-bond acceptors (Lipinski definition) is 2. The fourth-order valence-electron chi connectivity index (χ4n) is 2.31. The van der Waals surface area contributed by atoms with Crippen LogP contribution in [0.15, 0.2) is 18.2 Å². The highest BCUT2D eigenvalue weighted by Crippen LogP contribution is 2.35. The topological polar surface area (TPSA) is 46.3 Å². The van der Waals surface area contributed by atoms with Crippen molar-refractivity contribution in [3.63, 3.8) is 0 Å². The highest BCUT2D eigenvalue weighted by Gasteiger charge is 2.35. The third kappa shape index (κ3) is 1.39. The van der Waals surface area contributed by atoms with Crippen molar-refractivity contribution in [2.24, 2.45) is 0 Å². The number of carbonyl (C=O) groups is 1. The Morgan fingerprint density at radius 2 is 2.07 bits per heavy atom. The second-order valence-electron chi connectivity index (χ2n) is 4.81. The van der Waals surface area contributed by atoms with Gasteiger partial charge in [0.05, 0.1) is 5.56 Å². The quantitative estimate of drug-likeness (QED) is 0.653. The van der Waals surface area contributed by atoms with Crippen LogP contribution in [0.5, 0.6) is 0 Å². The van der Waals surface area contributed by atoms with E-state index in [9.17, 15) is 4.79 Å². The van der Waals surface area contributed by atoms with Gasteiger partial charge in [0, 0.05) is 24.7 Å². The zero-order chi connectivity index (χ0) is 11.2. The van der Waals surface area contributed by atoms with E-state index in [1.54, 1.807) is 11.0 Å². The Balaban J connectivity index is 2.70. The van der Waals surface area contributed by atoms with E-state index in [4.69, 9.17) is 5.73 Å². The summed E-state index contributed by atoms with van der Waals surface area (Å²) >= 11 is 0. The Morgan fingerprint density at radius 3 is 2.73 bits per heavy atom. The van der Waals surface area contributed by atoms with Gasteiger partial charge in [0.2, 0.25) is 0 Å². The van der Waals surface area contributed by atoms with Crippen LogP contribution >= 0.6 is 0 Å². The Morgan fingerprint density at radius 1 is 1.40 bits per heavy atom. The van der Waals surface area contributed by atoms with Crippen LogP contribution in [0.2, 0.25) is 0 Å². The number of fused-ring (bicyclic) bond motifs is 1. The summed E-state index contributed by atoms with van der Waals surface area (Å²) in [6, 6.07) is 5.69. The summed E-state index contributed by atoms with van der Waals surface area (Å²) in [6.45, 7) is 5.00. The number of hydrogen-bond donors (Lipinski definition) is 1. The van der Waals surface area contributed by atoms with Crippen molar-refractivity contribution in [3.05, 3.63) is 29.3 Å². The number of nitrogens with two attached hydrogens (primary N) is 1. The van der Waals surface area contributed by atoms with E-state index in [0.29, 0.717) is 11.3 Å². The van der Waals surface area contributed by atoms with Gasteiger partial charge in [-0.15, -0.1) is 0 Å². The largest absolute Gasteiger partial charge is 0.398 e. The van der Waals surface area contributed by atoms with Gasteiger partial charge in [-0.2, -0.15) is 0 Å². The molecule has 2 rings (SSSR count). The van der Waals surface area contributed by atoms with Crippen molar-refractivity contribution < 1.29 is 4.79 Å². The fraction of sp³-hybridized carbons (Fsp3) is 0.417. The van der Waals surface area contributed by atoms with Gasteiger partial charge in [-0.3, -0.25) is 4.79 Å². The number of amides is 1. The van der Waals surface area contributed by atoms with Gasteiger partial charge < -0.3 is 10.6 Å². The Bertz CT molecular complexity index is 424. The van der Waals surface area contributed by atoms with Gasteiger partial charge in [-0.05, 0) is 11.6 Å². The average Bonchev–Trinajstić information content (AvgIpc) is 2.14. The molecule has 0 atom stereocenters. The Kier molecular flexibility index (Phi) is 2.00. The first-order valence-electron chi connectivity index (χ1n) is 5.08. The summed E-state index contributed by atoms with van der Waals surface area (Å²) in [4.78, 5) is 13.7. The maximum absolute atomic E-state index is 12.0. The predicted molar refractivity (Wildman–Crippen MR) is 60.8 cm³/mol. The predicted octanol–water partition coefficient (Wildman–Crippen LogP) is 1.63. The van der Waals surface area contributed by atoms with Crippen LogP contribution in [0.1, 0.15) is 29.8 Å². The van der Waals surface area contributed by atoms with E-state index in [1.165, 1.54) is 0 Å². The van der Waals surface area contributed by atoms with Crippen LogP contribution in [0.25, 0.3) is 0 Å². The Labute approximate surface area is 89.9 Å². The van der Waals surface area contributed by atoms with Crippen molar-refractivity contribution in [2.75, 3.05) is 19.3 Å². The molecule has 0 saturated carbocycles. The average molecular weight is 204 g/mol. The minimum Gasteiger partial charge on any atom is -0.398 e. The van der Waals surface area contributed by atoms with Gasteiger partial charge in [-0.1, -0.05) is 26.0 Å². The van der Waals surface area contributed by atoms with Gasteiger partial charge >= 0.3 is 0 Å². The van der Waals surface area contributed by atoms with E-state index in [2.05, 4.69) is 13.8 Å². The van der Waals surface area contributed by atoms with Crippen LogP contribution in [-0.2, 0) is 5.41 Å². The number of carbonyl (C=O) groups excluding carboxylic acids is 1. The first-order valence-corrected chi connectivity index (χ1v) is 5.08. The molecule has 3 heteroatoms. The van der Waals surface area contributed by atoms with Crippen molar-refractivity contribution in [3.8, 4) is 0 Å². The summed E-state index contributed by atoms with van der Waals surface area (Å²) in [7, 11) is 1.82. The van der Waals surface area contributed by atoms with Crippen molar-refractivity contribution >= 4 is 11.6 Å². The molecule has 2 N–H and O–H groups in total. The normalized spacial score (nSPS) is 18.9. The number of nitrogens with zero attached hydrogens (tertiary/aromatic N) is 1. The summed E-state index contributed by atoms with van der Waals surface area (Å²) in [5.74, 6) is 0.0300. The van der Waals surface area contributed by atoms with Crippen molar-refractivity contribution in [2.45, 2.75) is 19.3 Å². The maximum Gasteiger partial charge on any atom is 0.256 e. The number of benzene rings is 1. The molecule has 15 heavy (non-hydrogen) atoms. The van der Waals surface area contributed by atoms with Gasteiger partial charge in [0.25, 0.3) is 5.91 Å². The molecular formula is C12H16N2O. The third-order valence-electron chi connectivity index (χ3n) is 3.02. The smallest absolute Gasteiger partial charge is 0.256 e. The molecule has 1 heterocycles. The van der Waals surface area contributed by atoms with Crippen LogP contribution in [0.4, 0.5) is 5.69 Å². The molecule has 1 amide bonds. The van der Waals surface area contributed by atoms with E-state index in [-0.39, 0.29) is 11.3 Å². The number of rotatable bonds is 0. The lowest BCUT2D eigenvalue weighted by Gasteiger charge is -2.38. The minimum atomic E-state index is -0.0205. The summed E-state index contributed by atoms with van der Waals surface area (Å²) in [6.07, 6.45) is 0. The maximum atomic E-state index is 12.0. The molecule has 0 spiro atoms. The molecular weight excluding hydrogens is 188 g/mol. The highest BCUT2D eigenvalue weighted by molar-refractivity contribution is 6.02. The summed E-state index contributed by atoms with van der Waals surface area (Å²) in [5.41, 5.74) is 8.17. The fourth-order valence-corrected chi connectivity index (χ4v) is 2.31. The standard InChI is InChI=1S/C12H16N2O/c1-12(2)7-14(3)11(15)10-8(12)5-4-6-9(10)13/h4-6H,7,13H2,1-3H3. The van der Waals surface area contributed by atoms with Gasteiger partial charge in [0.15, 0.2) is 0 Å². The lowest BCUT2D eigenvalue weighted by Crippen LogP contribution is -2.44. The second kappa shape index (κ2) is 2.99. The molecule has 0 fully saturated rings. The van der Waals surface area contributed by atoms with Crippen LogP contribution in [-0.4, -0.2) is 24.4 Å². The number of likely N-dealkylation sites (N-methyl/N-ethyl adjacent to an activating group) is 1. The molecule has 1 aromatic carbocycles. The molecule has 1 aliphatic rings. The van der Waals surface area contributed by atoms with E-state index < -0.39 is 0 Å². The third-order valence-corrected chi connectivity index (χ3v) is 3.02. The van der Waals surface area contributed by atoms with Crippen LogP contribution in [0.3, 0.4) is 0 Å². The van der Waals surface area contributed by atoms with Crippen molar-refractivity contribution in [1.82, 2.24) is 4.90 Å². The Hall–Kier alpha value is -1.51. The number of nitrogen functional groups attached to an aromatic ring is 1. The molecule has 0 bridgehead atoms. The van der Waals surface area contributed by atoms with Crippen LogP contribution in [0, 0.1) is 0 Å². The summed E-state index contributed by atoms with van der Waals surface area (Å²) in [5, 5.41) is 0. The lowest BCUT2D eigenvalue weighted by atomic mass is 9.78. The van der Waals surface area contributed by atoms with Crippen molar-refractivity contribution in [1.29, 1.82) is 0 Å². The second-order valence-corrected chi connectivity index (χ2v) is 4.81. The molecule has 3 nitrogen and oxygen atoms in total. The van der Waals surface area contributed by atoms with E-state index >= 15 is 0 Å². The molecule has 0 unspecified atom stereocenters. The van der Waals surface area contributed by atoms with E-state index in [0.717, 1.165) is 12.1 Å². The molecule has 80 valence electrons. The lowest BCUT2D eigenvalue weighted by molar-refractivity contribution is 0.0738. The molecule has 1 aliphatic heterocycles.